The molecule has 0 heterocycles. The average Bonchev–Trinajstić information content (AvgIpc) is 2.01. The summed E-state index contributed by atoms with van der Waals surface area (Å²) in [5, 5.41) is 0. The first-order chi connectivity index (χ1) is 5.79. The van der Waals surface area contributed by atoms with Crippen molar-refractivity contribution in [1.29, 1.82) is 0 Å². The van der Waals surface area contributed by atoms with E-state index in [-0.39, 0.29) is 4.91 Å². The molecular weight excluding hydrogens is 254 g/mol. The Morgan fingerprint density at radius 3 is 2.31 bits per heavy atom. The van der Waals surface area contributed by atoms with E-state index in [0.717, 1.165) is 11.8 Å². The molecule has 0 atom stereocenters. The van der Waals surface area contributed by atoms with Gasteiger partial charge in [0, 0.05) is 16.9 Å². The van der Waals surface area contributed by atoms with Gasteiger partial charge in [0.25, 0.3) is 0 Å². The summed E-state index contributed by atoms with van der Waals surface area (Å²) in [4.78, 5) is 0.0730. The molecule has 3 nitrogen and oxygen atoms in total. The molecule has 0 unspecified atom stereocenters. The highest BCUT2D eigenvalue weighted by Gasteiger charge is 2.06. The van der Waals surface area contributed by atoms with Crippen molar-refractivity contribution in [2.75, 3.05) is 6.26 Å². The van der Waals surface area contributed by atoms with Crippen molar-refractivity contribution < 1.29 is 8.42 Å². The van der Waals surface area contributed by atoms with E-state index in [9.17, 15) is 8.42 Å². The lowest BCUT2D eigenvalue weighted by molar-refractivity contribution is 0.608. The summed E-state index contributed by atoms with van der Waals surface area (Å²) in [6.45, 7) is 5.17. The fraction of sp³-hybridized carbons (Fsp3) is 0.250. The summed E-state index contributed by atoms with van der Waals surface area (Å²) in [7, 11) is -3.20. The number of nitrogens with two attached hydrogens (primary N) is 1. The minimum absolute atomic E-state index is 0.0730. The predicted molar refractivity (Wildman–Crippen MR) is 58.9 cm³/mol. The van der Waals surface area contributed by atoms with Crippen LogP contribution in [0.15, 0.2) is 33.8 Å². The molecule has 0 fully saturated rings. The standard InChI is InChI=1S/C8H12BrNO2S/c1-6(8(9)5-10)4-7(2)13(3,11)12/h4-5H,2,10H2,1,3H3/b6-4-,8-5+. The van der Waals surface area contributed by atoms with Crippen molar-refractivity contribution in [1.82, 2.24) is 0 Å². The molecule has 0 rings (SSSR count). The van der Waals surface area contributed by atoms with Crippen LogP contribution in [0.5, 0.6) is 0 Å². The molecule has 0 aliphatic rings. The van der Waals surface area contributed by atoms with Crippen molar-refractivity contribution in [3.8, 4) is 0 Å². The molecule has 2 N–H and O–H groups in total. The van der Waals surface area contributed by atoms with Gasteiger partial charge < -0.3 is 5.73 Å². The molecular formula is C8H12BrNO2S. The van der Waals surface area contributed by atoms with Gasteiger partial charge in [0.15, 0.2) is 9.84 Å². The molecule has 5 heteroatoms. The van der Waals surface area contributed by atoms with Crippen LogP contribution in [0.4, 0.5) is 0 Å². The maximum atomic E-state index is 11.0. The Morgan fingerprint density at radius 1 is 1.54 bits per heavy atom. The zero-order valence-corrected chi connectivity index (χ0v) is 9.94. The summed E-state index contributed by atoms with van der Waals surface area (Å²) >= 11 is 3.17. The molecule has 0 aromatic rings. The topological polar surface area (TPSA) is 60.2 Å². The van der Waals surface area contributed by atoms with Crippen molar-refractivity contribution in [3.63, 3.8) is 0 Å². The van der Waals surface area contributed by atoms with Crippen LogP contribution in [-0.2, 0) is 9.84 Å². The fourth-order valence-corrected chi connectivity index (χ4v) is 1.05. The van der Waals surface area contributed by atoms with Gasteiger partial charge in [0.05, 0.1) is 4.91 Å². The van der Waals surface area contributed by atoms with Crippen LogP contribution in [0.25, 0.3) is 0 Å². The van der Waals surface area contributed by atoms with Gasteiger partial charge in [0.1, 0.15) is 0 Å². The largest absolute Gasteiger partial charge is 0.404 e. The highest BCUT2D eigenvalue weighted by Crippen LogP contribution is 2.17. The molecule has 0 spiro atoms. The zero-order valence-electron chi connectivity index (χ0n) is 7.54. The van der Waals surface area contributed by atoms with Gasteiger partial charge in [0.2, 0.25) is 0 Å². The molecule has 0 bridgehead atoms. The lowest BCUT2D eigenvalue weighted by Crippen LogP contribution is -1.97. The number of allylic oxidation sites excluding steroid dienone is 3. The Hall–Kier alpha value is -0.550. The van der Waals surface area contributed by atoms with Crippen LogP contribution in [-0.4, -0.2) is 14.7 Å². The summed E-state index contributed by atoms with van der Waals surface area (Å²) in [6, 6.07) is 0. The first-order valence-electron chi connectivity index (χ1n) is 3.44. The van der Waals surface area contributed by atoms with E-state index < -0.39 is 9.84 Å². The number of hydrogen-bond acceptors (Lipinski definition) is 3. The van der Waals surface area contributed by atoms with Gasteiger partial charge in [-0.1, -0.05) is 6.58 Å². The maximum absolute atomic E-state index is 11.0. The van der Waals surface area contributed by atoms with Crippen molar-refractivity contribution in [2.24, 2.45) is 5.73 Å². The summed E-state index contributed by atoms with van der Waals surface area (Å²) in [5.74, 6) is 0. The first-order valence-corrected chi connectivity index (χ1v) is 6.12. The molecule has 0 radical (unpaired) electrons. The number of sulfone groups is 1. The second-order valence-corrected chi connectivity index (χ2v) is 5.50. The van der Waals surface area contributed by atoms with Crippen LogP contribution >= 0.6 is 15.9 Å². The van der Waals surface area contributed by atoms with Crippen LogP contribution in [0.1, 0.15) is 6.92 Å². The maximum Gasteiger partial charge on any atom is 0.174 e. The predicted octanol–water partition coefficient (Wildman–Crippen LogP) is 1.69. The smallest absolute Gasteiger partial charge is 0.174 e. The summed E-state index contributed by atoms with van der Waals surface area (Å²) < 4.78 is 22.6. The third kappa shape index (κ3) is 4.28. The van der Waals surface area contributed by atoms with Crippen LogP contribution in [0.3, 0.4) is 0 Å². The Balaban J connectivity index is 4.91. The van der Waals surface area contributed by atoms with Gasteiger partial charge in [-0.2, -0.15) is 0 Å². The minimum Gasteiger partial charge on any atom is -0.404 e. The van der Waals surface area contributed by atoms with E-state index in [1.807, 2.05) is 0 Å². The summed E-state index contributed by atoms with van der Waals surface area (Å²) in [6.07, 6.45) is 3.92. The van der Waals surface area contributed by atoms with Crippen LogP contribution < -0.4 is 5.73 Å². The third-order valence-electron chi connectivity index (χ3n) is 1.38. The van der Waals surface area contributed by atoms with Gasteiger partial charge >= 0.3 is 0 Å². The SMILES string of the molecule is C=C(/C=C(C)\C(Br)=C/N)S(C)(=O)=O. The number of halogens is 1. The number of rotatable bonds is 3. The molecule has 0 saturated carbocycles. The van der Waals surface area contributed by atoms with E-state index in [0.29, 0.717) is 4.48 Å². The second kappa shape index (κ2) is 4.62. The first kappa shape index (κ1) is 12.4. The Morgan fingerprint density at radius 2 is 2.00 bits per heavy atom. The molecule has 0 amide bonds. The van der Waals surface area contributed by atoms with E-state index >= 15 is 0 Å². The quantitative estimate of drug-likeness (QED) is 0.791. The van der Waals surface area contributed by atoms with E-state index in [1.54, 1.807) is 6.92 Å². The van der Waals surface area contributed by atoms with E-state index in [4.69, 9.17) is 5.73 Å². The van der Waals surface area contributed by atoms with Crippen molar-refractivity contribution in [3.05, 3.63) is 33.8 Å². The van der Waals surface area contributed by atoms with Crippen molar-refractivity contribution in [2.45, 2.75) is 6.92 Å². The molecule has 74 valence electrons. The van der Waals surface area contributed by atoms with Gasteiger partial charge in [-0.3, -0.25) is 0 Å². The molecule has 0 aliphatic carbocycles. The van der Waals surface area contributed by atoms with Crippen LogP contribution in [0.2, 0.25) is 0 Å². The fourth-order valence-electron chi connectivity index (χ4n) is 0.549. The molecule has 0 aliphatic heterocycles. The molecule has 0 aromatic carbocycles. The lowest BCUT2D eigenvalue weighted by atomic mass is 10.3. The van der Waals surface area contributed by atoms with E-state index in [1.165, 1.54) is 12.3 Å². The van der Waals surface area contributed by atoms with Gasteiger partial charge in [-0.25, -0.2) is 8.42 Å². The molecule has 13 heavy (non-hydrogen) atoms. The Kier molecular flexibility index (Phi) is 4.43. The van der Waals surface area contributed by atoms with E-state index in [2.05, 4.69) is 22.5 Å². The average molecular weight is 266 g/mol. The minimum atomic E-state index is -3.20. The highest BCUT2D eigenvalue weighted by molar-refractivity contribution is 9.12. The molecule has 0 aromatic heterocycles. The molecule has 0 saturated heterocycles. The lowest BCUT2D eigenvalue weighted by Gasteiger charge is -2.00. The van der Waals surface area contributed by atoms with Gasteiger partial charge in [-0.05, 0) is 34.5 Å². The normalized spacial score (nSPS) is 14.4. The van der Waals surface area contributed by atoms with Crippen molar-refractivity contribution >= 4 is 25.8 Å². The zero-order chi connectivity index (χ0) is 10.6. The Labute approximate surface area is 87.1 Å². The third-order valence-corrected chi connectivity index (χ3v) is 3.34. The Bertz CT molecular complexity index is 366. The number of hydrogen-bond donors (Lipinski definition) is 1. The highest BCUT2D eigenvalue weighted by atomic mass is 79.9. The van der Waals surface area contributed by atoms with Gasteiger partial charge in [-0.15, -0.1) is 0 Å². The second-order valence-electron chi connectivity index (χ2n) is 2.58. The monoisotopic (exact) mass is 265 g/mol. The van der Waals surface area contributed by atoms with Crippen LogP contribution in [0, 0.1) is 0 Å². The summed E-state index contributed by atoms with van der Waals surface area (Å²) in [5.41, 5.74) is 5.95.